The molecule has 0 bridgehead atoms. The zero-order chi connectivity index (χ0) is 19.2. The van der Waals surface area contributed by atoms with Gasteiger partial charge in [-0.3, -0.25) is 4.79 Å². The molecule has 1 amide bonds. The van der Waals surface area contributed by atoms with E-state index in [1.54, 1.807) is 44.2 Å². The van der Waals surface area contributed by atoms with Gasteiger partial charge < -0.3 is 19.2 Å². The van der Waals surface area contributed by atoms with E-state index in [9.17, 15) is 9.59 Å². The van der Waals surface area contributed by atoms with Gasteiger partial charge in [0.05, 0.1) is 11.6 Å². The number of carbonyl (C=O) groups excluding carboxylic acids is 2. The number of nitrogens with zero attached hydrogens (tertiary/aromatic N) is 2. The lowest BCUT2D eigenvalue weighted by Gasteiger charge is -2.06. The van der Waals surface area contributed by atoms with Gasteiger partial charge in [-0.25, -0.2) is 4.79 Å². The van der Waals surface area contributed by atoms with Crippen LogP contribution in [-0.2, 0) is 9.53 Å². The number of rotatable bonds is 7. The van der Waals surface area contributed by atoms with Crippen molar-refractivity contribution in [2.75, 3.05) is 18.5 Å². The van der Waals surface area contributed by atoms with E-state index in [1.165, 1.54) is 17.7 Å². The maximum Gasteiger partial charge on any atom is 0.348 e. The van der Waals surface area contributed by atoms with Gasteiger partial charge in [0.15, 0.2) is 6.61 Å². The highest BCUT2D eigenvalue weighted by Gasteiger charge is 2.16. The average molecular weight is 387 g/mol. The third-order valence-electron chi connectivity index (χ3n) is 3.47. The minimum atomic E-state index is -0.391. The highest BCUT2D eigenvalue weighted by Crippen LogP contribution is 2.27. The van der Waals surface area contributed by atoms with Crippen LogP contribution in [0.5, 0.6) is 5.75 Å². The Balaban J connectivity index is 1.54. The maximum atomic E-state index is 12.1. The van der Waals surface area contributed by atoms with Crippen molar-refractivity contribution < 1.29 is 23.5 Å². The second kappa shape index (κ2) is 8.45. The molecule has 0 aliphatic rings. The smallest absolute Gasteiger partial charge is 0.348 e. The van der Waals surface area contributed by atoms with Crippen LogP contribution in [0.3, 0.4) is 0 Å². The first-order valence-electron chi connectivity index (χ1n) is 8.13. The van der Waals surface area contributed by atoms with E-state index in [2.05, 4.69) is 15.5 Å². The highest BCUT2D eigenvalue weighted by atomic mass is 32.1. The molecule has 0 spiro atoms. The molecule has 140 valence electrons. The van der Waals surface area contributed by atoms with Crippen LogP contribution >= 0.6 is 11.3 Å². The van der Waals surface area contributed by atoms with Crippen molar-refractivity contribution >= 4 is 28.2 Å². The molecule has 0 saturated heterocycles. The van der Waals surface area contributed by atoms with Crippen molar-refractivity contribution in [3.8, 4) is 17.2 Å². The maximum absolute atomic E-state index is 12.1. The van der Waals surface area contributed by atoms with Crippen molar-refractivity contribution in [1.29, 1.82) is 0 Å². The summed E-state index contributed by atoms with van der Waals surface area (Å²) in [5.74, 6) is 0.221. The summed E-state index contributed by atoms with van der Waals surface area (Å²) in [7, 11) is 0. The van der Waals surface area contributed by atoms with Crippen LogP contribution in [0.2, 0.25) is 0 Å². The monoisotopic (exact) mass is 387 g/mol. The van der Waals surface area contributed by atoms with Gasteiger partial charge in [0.25, 0.3) is 5.91 Å². The molecule has 0 atom stereocenters. The number of nitrogens with one attached hydrogen (secondary N) is 1. The van der Waals surface area contributed by atoms with Crippen LogP contribution in [-0.4, -0.2) is 35.3 Å². The van der Waals surface area contributed by atoms with Gasteiger partial charge in [0, 0.05) is 5.56 Å². The first kappa shape index (κ1) is 18.6. The van der Waals surface area contributed by atoms with Crippen LogP contribution in [0.25, 0.3) is 11.5 Å². The van der Waals surface area contributed by atoms with Crippen LogP contribution in [0, 0.1) is 6.92 Å². The second-order valence-corrected chi connectivity index (χ2v) is 6.50. The number of carbonyl (C=O) groups is 2. The summed E-state index contributed by atoms with van der Waals surface area (Å²) in [6.07, 6.45) is 1.25. The zero-order valence-corrected chi connectivity index (χ0v) is 15.5. The summed E-state index contributed by atoms with van der Waals surface area (Å²) in [5.41, 5.74) is 1.51. The normalized spacial score (nSPS) is 10.4. The van der Waals surface area contributed by atoms with Crippen molar-refractivity contribution in [2.24, 2.45) is 0 Å². The Morgan fingerprint density at radius 2 is 2.04 bits per heavy atom. The highest BCUT2D eigenvalue weighted by molar-refractivity contribution is 7.18. The van der Waals surface area contributed by atoms with Crippen molar-refractivity contribution in [3.05, 3.63) is 47.2 Å². The Morgan fingerprint density at radius 1 is 1.26 bits per heavy atom. The molecule has 0 aliphatic heterocycles. The molecular formula is C18H17N3O5S. The van der Waals surface area contributed by atoms with Crippen molar-refractivity contribution in [3.63, 3.8) is 0 Å². The third kappa shape index (κ3) is 4.70. The van der Waals surface area contributed by atoms with Crippen molar-refractivity contribution in [1.82, 2.24) is 10.2 Å². The number of hydrogen-bond donors (Lipinski definition) is 1. The summed E-state index contributed by atoms with van der Waals surface area (Å²) in [6.45, 7) is 3.68. The van der Waals surface area contributed by atoms with Gasteiger partial charge in [-0.2, -0.15) is 0 Å². The Labute approximate surface area is 159 Å². The summed E-state index contributed by atoms with van der Waals surface area (Å²) in [6, 6.07) is 8.67. The van der Waals surface area contributed by atoms with E-state index in [4.69, 9.17) is 13.9 Å². The SMILES string of the molecule is CCOC(=O)c1sc(NC(=O)COc2ccc(-c3nnco3)cc2)cc1C. The predicted octanol–water partition coefficient (Wildman–Crippen LogP) is 3.30. The number of aryl methyl sites for hydroxylation is 1. The van der Waals surface area contributed by atoms with Crippen LogP contribution < -0.4 is 10.1 Å². The molecule has 9 heteroatoms. The Bertz CT molecular complexity index is 919. The summed E-state index contributed by atoms with van der Waals surface area (Å²) >= 11 is 1.17. The van der Waals surface area contributed by atoms with Gasteiger partial charge in [-0.1, -0.05) is 0 Å². The Kier molecular flexibility index (Phi) is 5.82. The van der Waals surface area contributed by atoms with E-state index in [0.29, 0.717) is 28.1 Å². The zero-order valence-electron chi connectivity index (χ0n) is 14.7. The summed E-state index contributed by atoms with van der Waals surface area (Å²) in [4.78, 5) is 24.4. The molecule has 27 heavy (non-hydrogen) atoms. The fourth-order valence-corrected chi connectivity index (χ4v) is 3.24. The number of anilines is 1. The third-order valence-corrected chi connectivity index (χ3v) is 4.61. The van der Waals surface area contributed by atoms with Gasteiger partial charge in [0.2, 0.25) is 12.3 Å². The number of benzene rings is 1. The second-order valence-electron chi connectivity index (χ2n) is 5.45. The van der Waals surface area contributed by atoms with E-state index < -0.39 is 5.97 Å². The molecule has 0 unspecified atom stereocenters. The standard InChI is InChI=1S/C18H17N3O5S/c1-3-24-18(23)16-11(2)8-15(27-16)20-14(22)9-25-13-6-4-12(5-7-13)17-21-19-10-26-17/h4-8,10H,3,9H2,1-2H3,(H,20,22). The van der Waals surface area contributed by atoms with Crippen LogP contribution in [0.4, 0.5) is 5.00 Å². The molecular weight excluding hydrogens is 370 g/mol. The first-order valence-corrected chi connectivity index (χ1v) is 8.95. The molecule has 0 saturated carbocycles. The summed E-state index contributed by atoms with van der Waals surface area (Å²) in [5, 5.41) is 10.7. The lowest BCUT2D eigenvalue weighted by molar-refractivity contribution is -0.118. The Hall–Kier alpha value is -3.20. The van der Waals surface area contributed by atoms with E-state index >= 15 is 0 Å². The largest absolute Gasteiger partial charge is 0.484 e. The number of ether oxygens (including phenoxy) is 2. The molecule has 0 radical (unpaired) electrons. The molecule has 8 nitrogen and oxygen atoms in total. The van der Waals surface area contributed by atoms with Gasteiger partial charge >= 0.3 is 5.97 Å². The minimum Gasteiger partial charge on any atom is -0.484 e. The Morgan fingerprint density at radius 3 is 2.70 bits per heavy atom. The van der Waals surface area contributed by atoms with Crippen LogP contribution in [0.15, 0.2) is 41.1 Å². The number of esters is 1. The molecule has 3 rings (SSSR count). The molecule has 1 aromatic carbocycles. The lowest BCUT2D eigenvalue weighted by Crippen LogP contribution is -2.19. The molecule has 2 heterocycles. The quantitative estimate of drug-likeness (QED) is 0.620. The number of amides is 1. The lowest BCUT2D eigenvalue weighted by atomic mass is 10.2. The topological polar surface area (TPSA) is 104 Å². The van der Waals surface area contributed by atoms with Gasteiger partial charge in [-0.15, -0.1) is 21.5 Å². The van der Waals surface area contributed by atoms with Crippen LogP contribution in [0.1, 0.15) is 22.2 Å². The molecule has 1 N–H and O–H groups in total. The number of thiophene rings is 1. The van der Waals surface area contributed by atoms with Gasteiger partial charge in [-0.05, 0) is 49.7 Å². The summed E-state index contributed by atoms with van der Waals surface area (Å²) < 4.78 is 15.6. The minimum absolute atomic E-state index is 0.161. The van der Waals surface area contributed by atoms with Gasteiger partial charge in [0.1, 0.15) is 10.6 Å². The fourth-order valence-electron chi connectivity index (χ4n) is 2.26. The fraction of sp³-hybridized carbons (Fsp3) is 0.222. The molecule has 3 aromatic rings. The number of aromatic nitrogens is 2. The van der Waals surface area contributed by atoms with Crippen molar-refractivity contribution in [2.45, 2.75) is 13.8 Å². The predicted molar refractivity (Wildman–Crippen MR) is 98.9 cm³/mol. The molecule has 0 aliphatic carbocycles. The molecule has 0 fully saturated rings. The van der Waals surface area contributed by atoms with E-state index in [1.807, 2.05) is 0 Å². The van der Waals surface area contributed by atoms with E-state index in [0.717, 1.165) is 11.1 Å². The first-order chi connectivity index (χ1) is 13.1. The van der Waals surface area contributed by atoms with E-state index in [-0.39, 0.29) is 12.5 Å². The number of hydrogen-bond acceptors (Lipinski definition) is 8. The average Bonchev–Trinajstić information content (AvgIpc) is 3.31. The molecule has 2 aromatic heterocycles.